The van der Waals surface area contributed by atoms with Crippen molar-refractivity contribution >= 4 is 49.5 Å². The number of nitrogens with zero attached hydrogens (tertiary/aromatic N) is 4. The fourth-order valence-corrected chi connectivity index (χ4v) is 5.55. The van der Waals surface area contributed by atoms with E-state index in [-0.39, 0.29) is 4.90 Å². The van der Waals surface area contributed by atoms with Gasteiger partial charge in [0.1, 0.15) is 12.1 Å². The lowest BCUT2D eigenvalue weighted by atomic mass is 9.81. The van der Waals surface area contributed by atoms with E-state index in [2.05, 4.69) is 37.5 Å². The standard InChI is InChI=1S/C19H21IN4O2S/c1-13-3-5-16(6-4-13)27(25,26)24-8-7-17-18(21-12-22-19(17)24)23(2)15-9-14(10-15)11-20/h3-8,12,14-15H,9-11H2,1-2H3/t14-,15-. The third-order valence-electron chi connectivity index (χ3n) is 5.32. The number of alkyl halides is 1. The zero-order chi connectivity index (χ0) is 19.2. The monoisotopic (exact) mass is 496 g/mol. The number of hydrogen-bond donors (Lipinski definition) is 0. The van der Waals surface area contributed by atoms with E-state index in [1.54, 1.807) is 36.5 Å². The Morgan fingerprint density at radius 2 is 1.89 bits per heavy atom. The van der Waals surface area contributed by atoms with Crippen molar-refractivity contribution in [1.29, 1.82) is 0 Å². The molecule has 4 rings (SSSR count). The van der Waals surface area contributed by atoms with Crippen LogP contribution in [0.4, 0.5) is 5.82 Å². The maximum absolute atomic E-state index is 13.1. The van der Waals surface area contributed by atoms with E-state index in [4.69, 9.17) is 0 Å². The van der Waals surface area contributed by atoms with Gasteiger partial charge in [-0.05, 0) is 43.9 Å². The smallest absolute Gasteiger partial charge is 0.269 e. The molecule has 27 heavy (non-hydrogen) atoms. The van der Waals surface area contributed by atoms with Gasteiger partial charge in [-0.25, -0.2) is 22.4 Å². The van der Waals surface area contributed by atoms with Gasteiger partial charge in [-0.3, -0.25) is 0 Å². The summed E-state index contributed by atoms with van der Waals surface area (Å²) in [6.45, 7) is 1.93. The minimum Gasteiger partial charge on any atom is -0.356 e. The van der Waals surface area contributed by atoms with Crippen LogP contribution in [0.25, 0.3) is 11.0 Å². The lowest BCUT2D eigenvalue weighted by molar-refractivity contribution is 0.289. The number of halogens is 1. The third kappa shape index (κ3) is 3.22. The Morgan fingerprint density at radius 3 is 2.56 bits per heavy atom. The quantitative estimate of drug-likeness (QED) is 0.399. The van der Waals surface area contributed by atoms with Crippen molar-refractivity contribution in [1.82, 2.24) is 13.9 Å². The summed E-state index contributed by atoms with van der Waals surface area (Å²) < 4.78 is 28.6. The first kappa shape index (κ1) is 18.7. The molecule has 0 radical (unpaired) electrons. The second-order valence-electron chi connectivity index (χ2n) is 7.12. The Balaban J connectivity index is 1.73. The lowest BCUT2D eigenvalue weighted by Crippen LogP contribution is -2.43. The molecule has 6 nitrogen and oxygen atoms in total. The first-order valence-corrected chi connectivity index (χ1v) is 11.8. The largest absolute Gasteiger partial charge is 0.356 e. The molecule has 3 aromatic rings. The van der Waals surface area contributed by atoms with Gasteiger partial charge in [-0.15, -0.1) is 0 Å². The molecule has 0 bridgehead atoms. The van der Waals surface area contributed by atoms with Crippen molar-refractivity contribution in [3.8, 4) is 0 Å². The van der Waals surface area contributed by atoms with Crippen LogP contribution in [0, 0.1) is 12.8 Å². The van der Waals surface area contributed by atoms with Crippen molar-refractivity contribution in [2.45, 2.75) is 30.7 Å². The van der Waals surface area contributed by atoms with E-state index in [1.807, 2.05) is 14.0 Å². The molecule has 0 saturated heterocycles. The SMILES string of the molecule is Cc1ccc(S(=O)(=O)n2ccc3c(N(C)[C@H]4C[C@H](CI)C4)ncnc32)cc1. The molecule has 1 fully saturated rings. The van der Waals surface area contributed by atoms with E-state index < -0.39 is 10.0 Å². The minimum atomic E-state index is -3.70. The summed E-state index contributed by atoms with van der Waals surface area (Å²) in [6, 6.07) is 9.09. The Labute approximate surface area is 172 Å². The Bertz CT molecular complexity index is 1070. The Kier molecular flexibility index (Phi) is 4.87. The summed E-state index contributed by atoms with van der Waals surface area (Å²) >= 11 is 2.43. The van der Waals surface area contributed by atoms with Crippen LogP contribution in [0.2, 0.25) is 0 Å². The van der Waals surface area contributed by atoms with Crippen LogP contribution in [0.1, 0.15) is 18.4 Å². The molecular formula is C19H21IN4O2S. The van der Waals surface area contributed by atoms with Crippen molar-refractivity contribution < 1.29 is 8.42 Å². The molecule has 0 unspecified atom stereocenters. The maximum Gasteiger partial charge on any atom is 0.269 e. The van der Waals surface area contributed by atoms with Gasteiger partial charge in [0.2, 0.25) is 0 Å². The second-order valence-corrected chi connectivity index (χ2v) is 9.82. The molecule has 1 aliphatic carbocycles. The molecule has 0 spiro atoms. The normalized spacial score (nSPS) is 19.8. The average Bonchev–Trinajstić information content (AvgIpc) is 3.06. The van der Waals surface area contributed by atoms with Crippen molar-refractivity contribution in [3.05, 3.63) is 48.4 Å². The van der Waals surface area contributed by atoms with Gasteiger partial charge in [-0.1, -0.05) is 40.3 Å². The Morgan fingerprint density at radius 1 is 1.19 bits per heavy atom. The van der Waals surface area contributed by atoms with Gasteiger partial charge in [0.25, 0.3) is 10.0 Å². The van der Waals surface area contributed by atoms with Crippen molar-refractivity contribution in [2.24, 2.45) is 5.92 Å². The van der Waals surface area contributed by atoms with Crippen LogP contribution in [-0.2, 0) is 10.0 Å². The average molecular weight is 496 g/mol. The number of aryl methyl sites for hydroxylation is 1. The predicted molar refractivity (Wildman–Crippen MR) is 115 cm³/mol. The summed E-state index contributed by atoms with van der Waals surface area (Å²) in [4.78, 5) is 11.1. The molecule has 1 aromatic carbocycles. The van der Waals surface area contributed by atoms with Crippen LogP contribution in [0.5, 0.6) is 0 Å². The highest BCUT2D eigenvalue weighted by Gasteiger charge is 2.33. The van der Waals surface area contributed by atoms with Crippen LogP contribution in [-0.4, -0.2) is 39.9 Å². The van der Waals surface area contributed by atoms with Crippen molar-refractivity contribution in [2.75, 3.05) is 16.4 Å². The molecule has 0 N–H and O–H groups in total. The lowest BCUT2D eigenvalue weighted by Gasteiger charge is -2.41. The van der Waals surface area contributed by atoms with Gasteiger partial charge in [-0.2, -0.15) is 0 Å². The highest BCUT2D eigenvalue weighted by Crippen LogP contribution is 2.36. The van der Waals surface area contributed by atoms with E-state index in [0.29, 0.717) is 11.7 Å². The molecule has 1 saturated carbocycles. The first-order valence-electron chi connectivity index (χ1n) is 8.85. The van der Waals surface area contributed by atoms with Crippen LogP contribution in [0.3, 0.4) is 0 Å². The molecule has 2 aromatic heterocycles. The fourth-order valence-electron chi connectivity index (χ4n) is 3.53. The molecule has 0 amide bonds. The topological polar surface area (TPSA) is 68.1 Å². The highest BCUT2D eigenvalue weighted by molar-refractivity contribution is 14.1. The predicted octanol–water partition coefficient (Wildman–Crippen LogP) is 3.63. The van der Waals surface area contributed by atoms with Gasteiger partial charge >= 0.3 is 0 Å². The summed E-state index contributed by atoms with van der Waals surface area (Å²) in [7, 11) is -1.67. The van der Waals surface area contributed by atoms with Crippen LogP contribution < -0.4 is 4.90 Å². The number of hydrogen-bond acceptors (Lipinski definition) is 5. The first-order chi connectivity index (χ1) is 12.9. The van der Waals surface area contributed by atoms with E-state index in [0.717, 1.165) is 35.5 Å². The molecule has 0 atom stereocenters. The summed E-state index contributed by atoms with van der Waals surface area (Å²) in [5.41, 5.74) is 1.43. The molecule has 8 heteroatoms. The summed E-state index contributed by atoms with van der Waals surface area (Å²) in [5, 5.41) is 0.758. The van der Waals surface area contributed by atoms with Crippen LogP contribution >= 0.6 is 22.6 Å². The van der Waals surface area contributed by atoms with Crippen LogP contribution in [0.15, 0.2) is 47.8 Å². The molecule has 142 valence electrons. The fraction of sp³-hybridized carbons (Fsp3) is 0.368. The molecule has 2 heterocycles. The summed E-state index contributed by atoms with van der Waals surface area (Å²) in [5.74, 6) is 1.55. The number of anilines is 1. The molecular weight excluding hydrogens is 475 g/mol. The van der Waals surface area contributed by atoms with E-state index >= 15 is 0 Å². The number of fused-ring (bicyclic) bond motifs is 1. The minimum absolute atomic E-state index is 0.253. The zero-order valence-electron chi connectivity index (χ0n) is 15.2. The van der Waals surface area contributed by atoms with Gasteiger partial charge in [0.05, 0.1) is 10.3 Å². The summed E-state index contributed by atoms with van der Waals surface area (Å²) in [6.07, 6.45) is 5.31. The van der Waals surface area contributed by atoms with Crippen molar-refractivity contribution in [3.63, 3.8) is 0 Å². The van der Waals surface area contributed by atoms with E-state index in [1.165, 1.54) is 14.7 Å². The van der Waals surface area contributed by atoms with E-state index in [9.17, 15) is 8.42 Å². The maximum atomic E-state index is 13.1. The number of aromatic nitrogens is 3. The highest BCUT2D eigenvalue weighted by atomic mass is 127. The molecule has 0 aliphatic heterocycles. The number of rotatable bonds is 5. The van der Waals surface area contributed by atoms with Gasteiger partial charge in [0.15, 0.2) is 5.65 Å². The van der Waals surface area contributed by atoms with Gasteiger partial charge < -0.3 is 4.90 Å². The third-order valence-corrected chi connectivity index (χ3v) is 8.24. The van der Waals surface area contributed by atoms with Gasteiger partial charge in [0, 0.05) is 23.7 Å². The Hall–Kier alpha value is -1.68. The molecule has 1 aliphatic rings. The number of benzene rings is 1. The second kappa shape index (κ2) is 7.05. The zero-order valence-corrected chi connectivity index (χ0v) is 18.2.